The number of thiocarbonyl (C=S) groups is 1. The van der Waals surface area contributed by atoms with Crippen LogP contribution in [0, 0.1) is 0 Å². The molecular weight excluding hydrogens is 210 g/mol. The fraction of sp³-hybridized carbons (Fsp3) is 0.300. The number of likely N-dealkylation sites (N-methyl/N-ethyl adjacent to an activating group) is 1. The molecule has 1 unspecified atom stereocenters. The molecule has 1 heterocycles. The van der Waals surface area contributed by atoms with Gasteiger partial charge in [0.15, 0.2) is 0 Å². The Labute approximate surface area is 94.1 Å². The van der Waals surface area contributed by atoms with Crippen LogP contribution in [0.4, 0.5) is 0 Å². The van der Waals surface area contributed by atoms with Crippen LogP contribution in [0.2, 0.25) is 0 Å². The van der Waals surface area contributed by atoms with Crippen molar-refractivity contribution in [1.29, 1.82) is 0 Å². The molecule has 15 heavy (non-hydrogen) atoms. The lowest BCUT2D eigenvalue weighted by Crippen LogP contribution is -2.42. The molecule has 0 fully saturated rings. The van der Waals surface area contributed by atoms with Crippen molar-refractivity contribution in [3.05, 3.63) is 30.1 Å². The lowest BCUT2D eigenvalue weighted by atomic mass is 10.2. The van der Waals surface area contributed by atoms with Crippen molar-refractivity contribution < 1.29 is 4.79 Å². The van der Waals surface area contributed by atoms with Crippen molar-refractivity contribution in [3.8, 4) is 0 Å². The van der Waals surface area contributed by atoms with E-state index in [0.717, 1.165) is 0 Å². The van der Waals surface area contributed by atoms with Crippen LogP contribution in [0.5, 0.6) is 0 Å². The van der Waals surface area contributed by atoms with E-state index in [4.69, 9.17) is 18.0 Å². The van der Waals surface area contributed by atoms with Crippen molar-refractivity contribution >= 4 is 23.1 Å². The first kappa shape index (κ1) is 11.6. The van der Waals surface area contributed by atoms with Crippen molar-refractivity contribution in [2.45, 2.75) is 13.0 Å². The van der Waals surface area contributed by atoms with Crippen LogP contribution in [0.15, 0.2) is 24.5 Å². The van der Waals surface area contributed by atoms with E-state index in [1.165, 1.54) is 11.1 Å². The minimum Gasteiger partial charge on any atom is -0.392 e. The molecule has 1 aromatic heterocycles. The fourth-order valence-electron chi connectivity index (χ4n) is 1.06. The van der Waals surface area contributed by atoms with Gasteiger partial charge >= 0.3 is 0 Å². The quantitative estimate of drug-likeness (QED) is 0.771. The second-order valence-electron chi connectivity index (χ2n) is 3.24. The van der Waals surface area contributed by atoms with Gasteiger partial charge in [0.2, 0.25) is 0 Å². The number of rotatable bonds is 3. The third kappa shape index (κ3) is 2.73. The maximum absolute atomic E-state index is 11.9. The summed E-state index contributed by atoms with van der Waals surface area (Å²) < 4.78 is 0. The summed E-state index contributed by atoms with van der Waals surface area (Å²) in [5, 5.41) is 0. The first-order valence-corrected chi connectivity index (χ1v) is 4.91. The Bertz CT molecular complexity index is 366. The molecule has 1 atom stereocenters. The van der Waals surface area contributed by atoms with Gasteiger partial charge in [-0.25, -0.2) is 0 Å². The molecule has 0 saturated heterocycles. The van der Waals surface area contributed by atoms with E-state index >= 15 is 0 Å². The molecule has 2 N–H and O–H groups in total. The lowest BCUT2D eigenvalue weighted by Gasteiger charge is -2.23. The topological polar surface area (TPSA) is 59.2 Å². The highest BCUT2D eigenvalue weighted by atomic mass is 32.1. The number of hydrogen-bond acceptors (Lipinski definition) is 3. The Kier molecular flexibility index (Phi) is 3.74. The zero-order chi connectivity index (χ0) is 11.4. The largest absolute Gasteiger partial charge is 0.392 e. The van der Waals surface area contributed by atoms with Crippen LogP contribution >= 0.6 is 12.2 Å². The van der Waals surface area contributed by atoms with Gasteiger partial charge in [0.05, 0.1) is 16.6 Å². The van der Waals surface area contributed by atoms with E-state index in [-0.39, 0.29) is 11.9 Å². The zero-order valence-corrected chi connectivity index (χ0v) is 9.49. The minimum atomic E-state index is -0.257. The molecule has 0 aliphatic heterocycles. The average Bonchev–Trinajstić information content (AvgIpc) is 2.27. The number of nitrogens with zero attached hydrogens (tertiary/aromatic N) is 2. The van der Waals surface area contributed by atoms with Crippen LogP contribution < -0.4 is 5.73 Å². The van der Waals surface area contributed by atoms with E-state index in [1.807, 2.05) is 0 Å². The lowest BCUT2D eigenvalue weighted by molar-refractivity contribution is 0.0778. The highest BCUT2D eigenvalue weighted by Gasteiger charge is 2.18. The van der Waals surface area contributed by atoms with E-state index in [0.29, 0.717) is 10.6 Å². The highest BCUT2D eigenvalue weighted by Crippen LogP contribution is 2.05. The average molecular weight is 223 g/mol. The normalized spacial score (nSPS) is 11.9. The van der Waals surface area contributed by atoms with Crippen molar-refractivity contribution in [1.82, 2.24) is 9.88 Å². The van der Waals surface area contributed by atoms with Crippen LogP contribution in [0.3, 0.4) is 0 Å². The molecule has 5 heteroatoms. The number of aromatic nitrogens is 1. The fourth-order valence-corrected chi connectivity index (χ4v) is 1.22. The van der Waals surface area contributed by atoms with Gasteiger partial charge in [0.1, 0.15) is 0 Å². The van der Waals surface area contributed by atoms with Crippen molar-refractivity contribution in [2.75, 3.05) is 7.05 Å². The Morgan fingerprint density at radius 3 is 2.80 bits per heavy atom. The van der Waals surface area contributed by atoms with Crippen LogP contribution in [0.25, 0.3) is 0 Å². The van der Waals surface area contributed by atoms with Crippen LogP contribution in [0.1, 0.15) is 17.3 Å². The van der Waals surface area contributed by atoms with Crippen LogP contribution in [-0.2, 0) is 0 Å². The second kappa shape index (κ2) is 4.84. The molecule has 0 saturated carbocycles. The standard InChI is InChI=1S/C10H13N3OS/c1-7(9(11)15)13(2)10(14)8-4-3-5-12-6-8/h3-7H,1-2H3,(H2,11,15). The first-order valence-electron chi connectivity index (χ1n) is 4.50. The Morgan fingerprint density at radius 1 is 1.67 bits per heavy atom. The van der Waals surface area contributed by atoms with Gasteiger partial charge in [0.25, 0.3) is 5.91 Å². The van der Waals surface area contributed by atoms with Gasteiger partial charge in [-0.15, -0.1) is 0 Å². The summed E-state index contributed by atoms with van der Waals surface area (Å²) >= 11 is 4.83. The summed E-state index contributed by atoms with van der Waals surface area (Å²) in [5.74, 6) is -0.136. The Hall–Kier alpha value is -1.49. The zero-order valence-electron chi connectivity index (χ0n) is 8.68. The Balaban J connectivity index is 2.82. The van der Waals surface area contributed by atoms with Gasteiger partial charge in [0, 0.05) is 19.4 Å². The van der Waals surface area contributed by atoms with E-state index in [1.54, 1.807) is 32.3 Å². The predicted octanol–water partition coefficient (Wildman–Crippen LogP) is 0.828. The summed E-state index contributed by atoms with van der Waals surface area (Å²) in [6.07, 6.45) is 3.14. The smallest absolute Gasteiger partial charge is 0.255 e. The van der Waals surface area contributed by atoms with Crippen LogP contribution in [-0.4, -0.2) is 33.9 Å². The third-order valence-corrected chi connectivity index (χ3v) is 2.56. The molecule has 4 nitrogen and oxygen atoms in total. The molecular formula is C10H13N3OS. The first-order chi connectivity index (χ1) is 7.04. The summed E-state index contributed by atoms with van der Waals surface area (Å²) in [4.78, 5) is 17.5. The van der Waals surface area contributed by atoms with Crippen molar-refractivity contribution in [3.63, 3.8) is 0 Å². The summed E-state index contributed by atoms with van der Waals surface area (Å²) in [6.45, 7) is 1.79. The Morgan fingerprint density at radius 2 is 2.33 bits per heavy atom. The molecule has 0 bridgehead atoms. The van der Waals surface area contributed by atoms with E-state index in [9.17, 15) is 4.79 Å². The molecule has 1 rings (SSSR count). The summed E-state index contributed by atoms with van der Waals surface area (Å²) in [5.41, 5.74) is 6.01. The van der Waals surface area contributed by atoms with E-state index < -0.39 is 0 Å². The molecule has 1 aromatic rings. The van der Waals surface area contributed by atoms with Gasteiger partial charge in [-0.2, -0.15) is 0 Å². The van der Waals surface area contributed by atoms with Gasteiger partial charge in [-0.1, -0.05) is 12.2 Å². The summed E-state index contributed by atoms with van der Waals surface area (Å²) in [7, 11) is 1.67. The second-order valence-corrected chi connectivity index (χ2v) is 3.71. The molecule has 0 aliphatic carbocycles. The maximum Gasteiger partial charge on any atom is 0.255 e. The number of carbonyl (C=O) groups is 1. The number of nitrogens with two attached hydrogens (primary N) is 1. The van der Waals surface area contributed by atoms with Crippen molar-refractivity contribution in [2.24, 2.45) is 5.73 Å². The number of pyridine rings is 1. The van der Waals surface area contributed by atoms with E-state index in [2.05, 4.69) is 4.98 Å². The third-order valence-electron chi connectivity index (χ3n) is 2.22. The number of hydrogen-bond donors (Lipinski definition) is 1. The molecule has 0 radical (unpaired) electrons. The summed E-state index contributed by atoms with van der Waals surface area (Å²) in [6, 6.07) is 3.16. The predicted molar refractivity (Wildman–Crippen MR) is 62.6 cm³/mol. The molecule has 0 aliphatic rings. The van der Waals surface area contributed by atoms with Gasteiger partial charge in [-0.3, -0.25) is 9.78 Å². The van der Waals surface area contributed by atoms with Gasteiger partial charge < -0.3 is 10.6 Å². The maximum atomic E-state index is 11.9. The van der Waals surface area contributed by atoms with Gasteiger partial charge in [-0.05, 0) is 19.1 Å². The molecule has 0 spiro atoms. The SMILES string of the molecule is CC(C(N)=S)N(C)C(=O)c1cccnc1. The minimum absolute atomic E-state index is 0.136. The molecule has 1 amide bonds. The molecule has 80 valence electrons. The monoisotopic (exact) mass is 223 g/mol. The molecule has 0 aromatic carbocycles. The number of carbonyl (C=O) groups excluding carboxylic acids is 1. The number of amides is 1. The highest BCUT2D eigenvalue weighted by molar-refractivity contribution is 7.80.